The molecular formula is C33H42N4O6S. The first-order chi connectivity index (χ1) is 21.1. The number of nitrogens with one attached hydrogen (secondary N) is 1. The molecule has 2 fully saturated rings. The molecule has 7 rings (SSSR count). The molecular weight excluding hydrogens is 580 g/mol. The van der Waals surface area contributed by atoms with E-state index in [0.29, 0.717) is 25.6 Å². The van der Waals surface area contributed by atoms with E-state index in [1.54, 1.807) is 13.2 Å². The Balaban J connectivity index is 1.47. The maximum atomic E-state index is 13.4. The van der Waals surface area contributed by atoms with Crippen LogP contribution in [0.25, 0.3) is 22.2 Å². The molecule has 11 heteroatoms. The van der Waals surface area contributed by atoms with Gasteiger partial charge in [0.1, 0.15) is 12.0 Å². The largest absolute Gasteiger partial charge is 0.497 e. The second kappa shape index (κ2) is 11.1. The highest BCUT2D eigenvalue weighted by molar-refractivity contribution is 7.87. The van der Waals surface area contributed by atoms with E-state index in [4.69, 9.17) is 9.47 Å². The summed E-state index contributed by atoms with van der Waals surface area (Å²) in [6, 6.07) is 11.9. The first-order valence-corrected chi connectivity index (χ1v) is 17.2. The quantitative estimate of drug-likeness (QED) is 0.444. The molecule has 3 unspecified atom stereocenters. The highest BCUT2D eigenvalue weighted by Gasteiger charge is 2.62. The van der Waals surface area contributed by atoms with Gasteiger partial charge in [-0.15, -0.1) is 0 Å². The van der Waals surface area contributed by atoms with Gasteiger partial charge in [-0.1, -0.05) is 25.3 Å². The Morgan fingerprint density at radius 2 is 1.82 bits per heavy atom. The van der Waals surface area contributed by atoms with Gasteiger partial charge in [0.15, 0.2) is 0 Å². The van der Waals surface area contributed by atoms with Crippen molar-refractivity contribution >= 4 is 27.0 Å². The molecule has 0 radical (unpaired) electrons. The molecule has 1 aromatic heterocycles. The highest BCUT2D eigenvalue weighted by atomic mass is 32.2. The summed E-state index contributed by atoms with van der Waals surface area (Å²) in [5.74, 6) is 0.632. The van der Waals surface area contributed by atoms with Crippen LogP contribution in [0.5, 0.6) is 5.75 Å². The van der Waals surface area contributed by atoms with Crippen molar-refractivity contribution in [1.82, 2.24) is 18.5 Å². The fraction of sp³-hybridized carbons (Fsp3) is 0.545. The lowest BCUT2D eigenvalue weighted by Crippen LogP contribution is -2.44. The van der Waals surface area contributed by atoms with Crippen molar-refractivity contribution in [1.29, 1.82) is 0 Å². The fourth-order valence-electron chi connectivity index (χ4n) is 7.96. The number of fused-ring (bicyclic) bond motifs is 4. The van der Waals surface area contributed by atoms with Gasteiger partial charge in [-0.25, -0.2) is 4.72 Å². The van der Waals surface area contributed by atoms with Crippen molar-refractivity contribution in [2.45, 2.75) is 63.1 Å². The van der Waals surface area contributed by atoms with E-state index in [2.05, 4.69) is 21.4 Å². The zero-order chi connectivity index (χ0) is 30.8. The molecule has 1 amide bonds. The normalized spacial score (nSPS) is 28.2. The fourth-order valence-corrected chi connectivity index (χ4v) is 8.79. The average molecular weight is 623 g/mol. The number of nitrogens with zero attached hydrogens (tertiary/aromatic N) is 3. The second-order valence-electron chi connectivity index (χ2n) is 13.1. The minimum absolute atomic E-state index is 0.0928. The molecule has 44 heavy (non-hydrogen) atoms. The maximum absolute atomic E-state index is 13.4. The minimum atomic E-state index is -4.07. The Hall–Kier alpha value is -2.96. The van der Waals surface area contributed by atoms with Crippen LogP contribution in [-0.2, 0) is 21.5 Å². The van der Waals surface area contributed by atoms with E-state index in [1.165, 1.54) is 37.4 Å². The third kappa shape index (κ3) is 4.84. The highest BCUT2D eigenvalue weighted by Crippen LogP contribution is 2.67. The Bertz CT molecular complexity index is 1710. The van der Waals surface area contributed by atoms with Crippen molar-refractivity contribution in [3.8, 4) is 17.0 Å². The van der Waals surface area contributed by atoms with Gasteiger partial charge in [-0.05, 0) is 79.6 Å². The van der Waals surface area contributed by atoms with Gasteiger partial charge >= 0.3 is 10.2 Å². The van der Waals surface area contributed by atoms with Crippen LogP contribution < -0.4 is 9.46 Å². The summed E-state index contributed by atoms with van der Waals surface area (Å²) in [6.45, 7) is 1.66. The lowest BCUT2D eigenvalue weighted by Gasteiger charge is -2.32. The van der Waals surface area contributed by atoms with Crippen LogP contribution in [0.15, 0.2) is 36.4 Å². The van der Waals surface area contributed by atoms with Crippen LogP contribution in [-0.4, -0.2) is 86.9 Å². The first-order valence-electron chi connectivity index (χ1n) is 15.7. The molecule has 2 aliphatic carbocycles. The van der Waals surface area contributed by atoms with Gasteiger partial charge in [-0.3, -0.25) is 9.69 Å². The van der Waals surface area contributed by atoms with Crippen LogP contribution in [0.4, 0.5) is 0 Å². The first kappa shape index (κ1) is 29.7. The Morgan fingerprint density at radius 1 is 1.05 bits per heavy atom. The molecule has 3 heterocycles. The van der Waals surface area contributed by atoms with Crippen LogP contribution in [0.3, 0.4) is 0 Å². The van der Waals surface area contributed by atoms with Crippen molar-refractivity contribution in [3.05, 3.63) is 53.1 Å². The number of carbonyl (C=O) groups excluding carboxylic acids is 1. The topological polar surface area (TPSA) is 113 Å². The molecule has 236 valence electrons. The Morgan fingerprint density at radius 3 is 2.59 bits per heavy atom. The van der Waals surface area contributed by atoms with Crippen LogP contribution >= 0.6 is 0 Å². The molecule has 0 saturated heterocycles. The van der Waals surface area contributed by atoms with Gasteiger partial charge < -0.3 is 19.1 Å². The van der Waals surface area contributed by atoms with Gasteiger partial charge in [0.25, 0.3) is 5.91 Å². The minimum Gasteiger partial charge on any atom is -0.497 e. The third-order valence-electron chi connectivity index (χ3n) is 10.5. The van der Waals surface area contributed by atoms with Crippen molar-refractivity contribution in [3.63, 3.8) is 0 Å². The van der Waals surface area contributed by atoms with Crippen LogP contribution in [0.1, 0.15) is 71.8 Å². The van der Waals surface area contributed by atoms with Crippen LogP contribution in [0, 0.1) is 5.41 Å². The van der Waals surface area contributed by atoms with E-state index in [9.17, 15) is 18.3 Å². The number of ether oxygens (including phenoxy) is 2. The molecule has 4 bridgehead atoms. The summed E-state index contributed by atoms with van der Waals surface area (Å²) in [4.78, 5) is 15.4. The Kier molecular flexibility index (Phi) is 7.52. The lowest BCUT2D eigenvalue weighted by atomic mass is 9.81. The maximum Gasteiger partial charge on any atom is 0.303 e. The summed E-state index contributed by atoms with van der Waals surface area (Å²) in [6.07, 6.45) is 5.88. The standard InChI is InChI=1S/C33H42N4O6S/c1-35-13-15-43-16-14-36(2)44(40,41)34-31(38)22-9-11-25-28(17-22)37-20-33(32(35)39)19-27(33)26-18-23(42-3)10-12-24(26)30(37)29(25)21-7-5-4-6-8-21/h9-12,17-18,21,27,32,39H,4-8,13-16,19-20H2,1-3H3,(H,34,38). The predicted octanol–water partition coefficient (Wildman–Crippen LogP) is 4.04. The Labute approximate surface area is 259 Å². The number of aromatic nitrogens is 1. The van der Waals surface area contributed by atoms with Gasteiger partial charge in [0, 0.05) is 54.1 Å². The molecule has 2 aromatic carbocycles. The number of rotatable bonds is 2. The van der Waals surface area contributed by atoms with Gasteiger partial charge in [-0.2, -0.15) is 12.7 Å². The number of methoxy groups -OCH3 is 1. The monoisotopic (exact) mass is 622 g/mol. The summed E-state index contributed by atoms with van der Waals surface area (Å²) in [7, 11) is 0.966. The van der Waals surface area contributed by atoms with Crippen molar-refractivity contribution in [2.24, 2.45) is 5.41 Å². The molecule has 3 atom stereocenters. The number of hydrogen-bond donors (Lipinski definition) is 2. The number of likely N-dealkylation sites (N-methyl/N-ethyl adjacent to an activating group) is 2. The van der Waals surface area contributed by atoms with E-state index >= 15 is 0 Å². The number of hydrogen-bond acceptors (Lipinski definition) is 7. The summed E-state index contributed by atoms with van der Waals surface area (Å²) < 4.78 is 43.1. The number of amides is 1. The molecule has 2 saturated carbocycles. The van der Waals surface area contributed by atoms with E-state index in [1.807, 2.05) is 30.1 Å². The molecule has 1 spiro atoms. The van der Waals surface area contributed by atoms with E-state index in [-0.39, 0.29) is 24.6 Å². The number of aliphatic hydroxyl groups excluding tert-OH is 1. The summed E-state index contributed by atoms with van der Waals surface area (Å²) in [5, 5.41) is 13.1. The summed E-state index contributed by atoms with van der Waals surface area (Å²) >= 11 is 0. The molecule has 3 aromatic rings. The molecule has 2 N–H and O–H groups in total. The van der Waals surface area contributed by atoms with E-state index < -0.39 is 27.8 Å². The van der Waals surface area contributed by atoms with Crippen molar-refractivity contribution in [2.75, 3.05) is 47.5 Å². The number of aliphatic hydroxyl groups is 1. The summed E-state index contributed by atoms with van der Waals surface area (Å²) in [5.41, 5.74) is 5.51. The SMILES string of the molecule is COc1ccc2c(c1)C1CC13Cn1c-2c(C2CCCCC2)c2ccc(cc21)C(=O)NS(=O)(=O)N(C)CCOCCN(C)C3O. The third-order valence-corrected chi connectivity index (χ3v) is 12.0. The van der Waals surface area contributed by atoms with Gasteiger partial charge in [0.05, 0.1) is 26.0 Å². The molecule has 2 aliphatic heterocycles. The smallest absolute Gasteiger partial charge is 0.303 e. The molecule has 10 nitrogen and oxygen atoms in total. The number of carbonyl (C=O) groups is 1. The van der Waals surface area contributed by atoms with Crippen LogP contribution in [0.2, 0.25) is 0 Å². The van der Waals surface area contributed by atoms with E-state index in [0.717, 1.165) is 51.5 Å². The molecule has 4 aliphatic rings. The lowest BCUT2D eigenvalue weighted by molar-refractivity contribution is -0.0547. The zero-order valence-corrected chi connectivity index (χ0v) is 26.5. The predicted molar refractivity (Wildman–Crippen MR) is 168 cm³/mol. The van der Waals surface area contributed by atoms with Crippen molar-refractivity contribution < 1.29 is 27.8 Å². The second-order valence-corrected chi connectivity index (χ2v) is 14.9. The number of benzene rings is 2. The zero-order valence-electron chi connectivity index (χ0n) is 25.7. The van der Waals surface area contributed by atoms with Gasteiger partial charge in [0.2, 0.25) is 0 Å². The average Bonchev–Trinajstić information content (AvgIpc) is 3.69.